The summed E-state index contributed by atoms with van der Waals surface area (Å²) >= 11 is 0. The Balaban J connectivity index is 1.86. The van der Waals surface area contributed by atoms with E-state index in [0.29, 0.717) is 37.0 Å². The number of methoxy groups -OCH3 is 2. The number of carbonyl (C=O) groups is 2. The molecule has 9 nitrogen and oxygen atoms in total. The Hall–Kier alpha value is -3.56. The molecule has 1 aromatic rings. The van der Waals surface area contributed by atoms with Crippen LogP contribution in [0, 0.1) is 11.7 Å². The monoisotopic (exact) mass is 459 g/mol. The highest BCUT2D eigenvalue weighted by atomic mass is 19.1. The summed E-state index contributed by atoms with van der Waals surface area (Å²) in [5, 5.41) is 3.33. The number of carbonyl (C=O) groups excluding carboxylic acids is 2. The Morgan fingerprint density at radius 3 is 2.30 bits per heavy atom. The van der Waals surface area contributed by atoms with Gasteiger partial charge in [0.15, 0.2) is 11.5 Å². The molecule has 3 rings (SSSR count). The van der Waals surface area contributed by atoms with Crippen LogP contribution in [0.15, 0.2) is 35.4 Å². The molecule has 1 fully saturated rings. The maximum Gasteiger partial charge on any atom is 0.254 e. The van der Waals surface area contributed by atoms with Crippen molar-refractivity contribution >= 4 is 23.3 Å². The molecule has 1 unspecified atom stereocenters. The van der Waals surface area contributed by atoms with Crippen LogP contribution in [-0.4, -0.2) is 62.4 Å². The molecule has 2 aliphatic heterocycles. The first kappa shape index (κ1) is 24.1. The van der Waals surface area contributed by atoms with E-state index in [2.05, 4.69) is 16.9 Å². The van der Waals surface area contributed by atoms with Gasteiger partial charge in [0.25, 0.3) is 5.91 Å². The van der Waals surface area contributed by atoms with Crippen LogP contribution in [0.1, 0.15) is 24.8 Å². The highest BCUT2D eigenvalue weighted by Gasteiger charge is 2.32. The van der Waals surface area contributed by atoms with E-state index >= 15 is 0 Å². The second-order valence-electron chi connectivity index (χ2n) is 7.98. The highest BCUT2D eigenvalue weighted by molar-refractivity contribution is 6.25. The smallest absolute Gasteiger partial charge is 0.254 e. The molecule has 10 heteroatoms. The first-order valence-electron chi connectivity index (χ1n) is 10.7. The van der Waals surface area contributed by atoms with Gasteiger partial charge >= 0.3 is 0 Å². The molecule has 0 aliphatic carbocycles. The van der Waals surface area contributed by atoms with Crippen molar-refractivity contribution in [3.05, 3.63) is 41.7 Å². The van der Waals surface area contributed by atoms with Crippen LogP contribution >= 0.6 is 0 Å². The third-order valence-electron chi connectivity index (χ3n) is 6.14. The van der Waals surface area contributed by atoms with Crippen LogP contribution in [0.25, 0.3) is 5.70 Å². The van der Waals surface area contributed by atoms with Crippen LogP contribution in [-0.2, 0) is 9.59 Å². The second-order valence-corrected chi connectivity index (χ2v) is 7.98. The highest BCUT2D eigenvalue weighted by Crippen LogP contribution is 2.32. The zero-order valence-electron chi connectivity index (χ0n) is 18.9. The number of hydrogen-bond acceptors (Lipinski definition) is 7. The Morgan fingerprint density at radius 2 is 1.79 bits per heavy atom. The molecule has 0 bridgehead atoms. The van der Waals surface area contributed by atoms with Crippen molar-refractivity contribution in [1.29, 1.82) is 0 Å². The molecule has 2 aliphatic rings. The van der Waals surface area contributed by atoms with E-state index in [1.165, 1.54) is 32.4 Å². The summed E-state index contributed by atoms with van der Waals surface area (Å²) in [4.78, 5) is 30.5. The second kappa shape index (κ2) is 10.4. The number of piperidine rings is 1. The Kier molecular flexibility index (Phi) is 7.57. The average molecular weight is 460 g/mol. The van der Waals surface area contributed by atoms with Crippen molar-refractivity contribution in [2.75, 3.05) is 33.9 Å². The fraction of sp³-hybridized carbons (Fsp3) is 0.435. The molecule has 1 atom stereocenters. The summed E-state index contributed by atoms with van der Waals surface area (Å²) < 4.78 is 24.5. The number of ether oxygens (including phenoxy) is 2. The standard InChI is InChI=1S/C23H30FN5O4/c1-4-18(30)29-9-6-13(7-10-29)15-5-8-27-23(28-15)19(22(26)31)21(25)14-11-16(32-2)20(24)17(12-14)33-3/h4,11-13,15H,1,5-10,25H2,2-3H3,(H2,26,31)(H,27,28). The fourth-order valence-corrected chi connectivity index (χ4v) is 4.31. The predicted octanol–water partition coefficient (Wildman–Crippen LogP) is 1.18. The first-order valence-corrected chi connectivity index (χ1v) is 10.7. The Labute approximate surface area is 192 Å². The number of amidine groups is 1. The molecule has 0 saturated carbocycles. The van der Waals surface area contributed by atoms with Crippen LogP contribution in [0.4, 0.5) is 4.39 Å². The molecular weight excluding hydrogens is 429 g/mol. The maximum atomic E-state index is 14.3. The zero-order chi connectivity index (χ0) is 24.1. The van der Waals surface area contributed by atoms with E-state index in [0.717, 1.165) is 19.3 Å². The van der Waals surface area contributed by atoms with Gasteiger partial charge in [0.05, 0.1) is 19.9 Å². The number of likely N-dealkylation sites (tertiary alicyclic amines) is 1. The van der Waals surface area contributed by atoms with Crippen molar-refractivity contribution in [2.45, 2.75) is 25.3 Å². The number of primary amides is 1. The summed E-state index contributed by atoms with van der Waals surface area (Å²) in [6.45, 7) is 5.34. The lowest BCUT2D eigenvalue weighted by Crippen LogP contribution is -2.50. The van der Waals surface area contributed by atoms with Crippen molar-refractivity contribution in [3.8, 4) is 11.5 Å². The maximum absolute atomic E-state index is 14.3. The van der Waals surface area contributed by atoms with Crippen LogP contribution in [0.3, 0.4) is 0 Å². The van der Waals surface area contributed by atoms with Gasteiger partial charge in [0.1, 0.15) is 11.4 Å². The number of rotatable bonds is 7. The van der Waals surface area contributed by atoms with Crippen LogP contribution in [0.2, 0.25) is 0 Å². The topological polar surface area (TPSA) is 132 Å². The van der Waals surface area contributed by atoms with Crippen molar-refractivity contribution in [2.24, 2.45) is 22.4 Å². The van der Waals surface area contributed by atoms with Gasteiger partial charge in [-0.2, -0.15) is 4.39 Å². The molecule has 178 valence electrons. The van der Waals surface area contributed by atoms with E-state index in [1.807, 2.05) is 0 Å². The molecule has 2 heterocycles. The third kappa shape index (κ3) is 5.10. The number of nitrogens with one attached hydrogen (secondary N) is 1. The quantitative estimate of drug-likeness (QED) is 0.525. The molecule has 33 heavy (non-hydrogen) atoms. The summed E-state index contributed by atoms with van der Waals surface area (Å²) in [5.74, 6) is -1.04. The van der Waals surface area contributed by atoms with Gasteiger partial charge in [0.2, 0.25) is 11.7 Å². The molecule has 1 aromatic carbocycles. The van der Waals surface area contributed by atoms with E-state index in [4.69, 9.17) is 20.9 Å². The van der Waals surface area contributed by atoms with Crippen LogP contribution in [0.5, 0.6) is 11.5 Å². The largest absolute Gasteiger partial charge is 0.494 e. The molecular formula is C23H30FN5O4. The van der Waals surface area contributed by atoms with E-state index in [9.17, 15) is 14.0 Å². The van der Waals surface area contributed by atoms with Gasteiger partial charge in [-0.05, 0) is 43.4 Å². The van der Waals surface area contributed by atoms with Crippen molar-refractivity contribution in [1.82, 2.24) is 10.2 Å². The fourth-order valence-electron chi connectivity index (χ4n) is 4.31. The Morgan fingerprint density at radius 1 is 1.18 bits per heavy atom. The molecule has 0 aromatic heterocycles. The van der Waals surface area contributed by atoms with E-state index < -0.39 is 11.7 Å². The van der Waals surface area contributed by atoms with Gasteiger partial charge in [-0.25, -0.2) is 0 Å². The minimum Gasteiger partial charge on any atom is -0.494 e. The molecule has 0 spiro atoms. The lowest BCUT2D eigenvalue weighted by atomic mass is 9.86. The lowest BCUT2D eigenvalue weighted by molar-refractivity contribution is -0.127. The molecule has 1 saturated heterocycles. The van der Waals surface area contributed by atoms with Gasteiger partial charge < -0.3 is 31.2 Å². The molecule has 0 radical (unpaired) electrons. The number of nitrogens with two attached hydrogens (primary N) is 2. The zero-order valence-corrected chi connectivity index (χ0v) is 18.9. The van der Waals surface area contributed by atoms with E-state index in [1.54, 1.807) is 4.90 Å². The summed E-state index contributed by atoms with van der Waals surface area (Å²) in [6, 6.07) is 2.81. The minimum atomic E-state index is -0.756. The summed E-state index contributed by atoms with van der Waals surface area (Å²) in [6.07, 6.45) is 3.76. The number of benzene rings is 1. The summed E-state index contributed by atoms with van der Waals surface area (Å²) in [7, 11) is 2.64. The predicted molar refractivity (Wildman–Crippen MR) is 123 cm³/mol. The SMILES string of the molecule is C=CC(=O)N1CCC(C2CCN=C(C(C(N)=O)=C(N)c3cc(OC)c(F)c(OC)c3)N2)CC1. The molecule has 5 N–H and O–H groups in total. The van der Waals surface area contributed by atoms with Gasteiger partial charge in [-0.15, -0.1) is 0 Å². The number of nitrogens with zero attached hydrogens (tertiary/aromatic N) is 2. The number of aliphatic imine (C=N–C) groups is 1. The number of amides is 2. The first-order chi connectivity index (χ1) is 15.8. The lowest BCUT2D eigenvalue weighted by Gasteiger charge is -2.38. The normalized spacial score (nSPS) is 19.7. The summed E-state index contributed by atoms with van der Waals surface area (Å²) in [5.41, 5.74) is 12.4. The van der Waals surface area contributed by atoms with Gasteiger partial charge in [0, 0.05) is 31.2 Å². The third-order valence-corrected chi connectivity index (χ3v) is 6.14. The minimum absolute atomic E-state index is 0.0229. The van der Waals surface area contributed by atoms with Gasteiger partial charge in [-0.3, -0.25) is 14.6 Å². The van der Waals surface area contributed by atoms with Gasteiger partial charge in [-0.1, -0.05) is 6.58 Å². The van der Waals surface area contributed by atoms with Crippen molar-refractivity contribution < 1.29 is 23.5 Å². The van der Waals surface area contributed by atoms with Crippen molar-refractivity contribution in [3.63, 3.8) is 0 Å². The Bertz CT molecular complexity index is 974. The average Bonchev–Trinajstić information content (AvgIpc) is 2.83. The number of hydrogen-bond donors (Lipinski definition) is 3. The number of halogens is 1. The van der Waals surface area contributed by atoms with Crippen LogP contribution < -0.4 is 26.3 Å². The van der Waals surface area contributed by atoms with E-state index in [-0.39, 0.29) is 34.7 Å². The molecule has 2 amide bonds.